The summed E-state index contributed by atoms with van der Waals surface area (Å²) in [6, 6.07) is 8.30. The van der Waals surface area contributed by atoms with E-state index in [-0.39, 0.29) is 0 Å². The molecule has 0 aliphatic carbocycles. The standard InChI is InChI=1S/C16H24N2O/c1-4-10-18(3)12-16-14(11-17-5-2)13-8-6-7-9-15(13)19-16/h6-9,17H,4-5,10-12H2,1-3H3. The molecule has 0 fully saturated rings. The third-order valence-electron chi connectivity index (χ3n) is 3.35. The summed E-state index contributed by atoms with van der Waals surface area (Å²) in [6.45, 7) is 8.16. The highest BCUT2D eigenvalue weighted by atomic mass is 16.3. The van der Waals surface area contributed by atoms with Gasteiger partial charge in [0.1, 0.15) is 11.3 Å². The molecule has 0 spiro atoms. The van der Waals surface area contributed by atoms with E-state index in [9.17, 15) is 0 Å². The average Bonchev–Trinajstić information content (AvgIpc) is 2.74. The van der Waals surface area contributed by atoms with E-state index in [1.165, 1.54) is 17.4 Å². The number of rotatable bonds is 7. The van der Waals surface area contributed by atoms with Crippen LogP contribution in [0, 0.1) is 0 Å². The van der Waals surface area contributed by atoms with Crippen LogP contribution in [0.15, 0.2) is 28.7 Å². The van der Waals surface area contributed by atoms with Gasteiger partial charge in [0.15, 0.2) is 0 Å². The molecule has 0 atom stereocenters. The van der Waals surface area contributed by atoms with Crippen molar-refractivity contribution in [2.75, 3.05) is 20.1 Å². The van der Waals surface area contributed by atoms with Gasteiger partial charge in [-0.05, 0) is 32.6 Å². The number of hydrogen-bond acceptors (Lipinski definition) is 3. The Hall–Kier alpha value is -1.32. The van der Waals surface area contributed by atoms with Crippen molar-refractivity contribution in [2.45, 2.75) is 33.4 Å². The highest BCUT2D eigenvalue weighted by Gasteiger charge is 2.14. The lowest BCUT2D eigenvalue weighted by Gasteiger charge is -2.14. The molecule has 0 aliphatic rings. The molecule has 3 heteroatoms. The Morgan fingerprint density at radius 3 is 2.74 bits per heavy atom. The molecule has 2 aromatic rings. The van der Waals surface area contributed by atoms with Crippen LogP contribution in [-0.4, -0.2) is 25.0 Å². The van der Waals surface area contributed by atoms with E-state index in [1.54, 1.807) is 0 Å². The van der Waals surface area contributed by atoms with Crippen molar-refractivity contribution in [2.24, 2.45) is 0 Å². The molecule has 0 saturated heterocycles. The minimum absolute atomic E-state index is 0.878. The molecule has 0 saturated carbocycles. The van der Waals surface area contributed by atoms with E-state index in [0.717, 1.165) is 37.5 Å². The van der Waals surface area contributed by atoms with Gasteiger partial charge in [0, 0.05) is 17.5 Å². The number of hydrogen-bond donors (Lipinski definition) is 1. The van der Waals surface area contributed by atoms with Gasteiger partial charge >= 0.3 is 0 Å². The zero-order valence-electron chi connectivity index (χ0n) is 12.2. The molecule has 1 aromatic heterocycles. The Morgan fingerprint density at radius 1 is 1.21 bits per heavy atom. The third-order valence-corrected chi connectivity index (χ3v) is 3.35. The summed E-state index contributed by atoms with van der Waals surface area (Å²) in [5, 5.41) is 4.65. The highest BCUT2D eigenvalue weighted by molar-refractivity contribution is 5.82. The summed E-state index contributed by atoms with van der Waals surface area (Å²) in [4.78, 5) is 2.31. The first-order chi connectivity index (χ1) is 9.26. The molecule has 0 unspecified atom stereocenters. The van der Waals surface area contributed by atoms with Gasteiger partial charge in [0.25, 0.3) is 0 Å². The van der Waals surface area contributed by atoms with Crippen LogP contribution in [0.5, 0.6) is 0 Å². The lowest BCUT2D eigenvalue weighted by atomic mass is 10.1. The van der Waals surface area contributed by atoms with Gasteiger partial charge in [-0.25, -0.2) is 0 Å². The van der Waals surface area contributed by atoms with E-state index < -0.39 is 0 Å². The normalized spacial score (nSPS) is 11.6. The van der Waals surface area contributed by atoms with Crippen molar-refractivity contribution < 1.29 is 4.42 Å². The first-order valence-corrected chi connectivity index (χ1v) is 7.14. The molecule has 0 aliphatic heterocycles. The lowest BCUT2D eigenvalue weighted by Crippen LogP contribution is -2.20. The van der Waals surface area contributed by atoms with Crippen molar-refractivity contribution in [3.8, 4) is 0 Å². The molecule has 1 aromatic carbocycles. The zero-order valence-corrected chi connectivity index (χ0v) is 12.2. The van der Waals surface area contributed by atoms with E-state index in [4.69, 9.17) is 4.42 Å². The number of benzene rings is 1. The van der Waals surface area contributed by atoms with E-state index in [0.29, 0.717) is 0 Å². The lowest BCUT2D eigenvalue weighted by molar-refractivity contribution is 0.297. The predicted octanol–water partition coefficient (Wildman–Crippen LogP) is 3.38. The zero-order chi connectivity index (χ0) is 13.7. The Balaban J connectivity index is 2.29. The van der Waals surface area contributed by atoms with Crippen LogP contribution < -0.4 is 5.32 Å². The van der Waals surface area contributed by atoms with Crippen LogP contribution >= 0.6 is 0 Å². The minimum atomic E-state index is 0.878. The fourth-order valence-electron chi connectivity index (χ4n) is 2.43. The largest absolute Gasteiger partial charge is 0.459 e. The summed E-state index contributed by atoms with van der Waals surface area (Å²) in [5.41, 5.74) is 2.30. The van der Waals surface area contributed by atoms with Gasteiger partial charge in [0.05, 0.1) is 6.54 Å². The first kappa shape index (κ1) is 14.1. The van der Waals surface area contributed by atoms with Crippen molar-refractivity contribution in [3.63, 3.8) is 0 Å². The second-order valence-electron chi connectivity index (χ2n) is 5.02. The summed E-state index contributed by atoms with van der Waals surface area (Å²) >= 11 is 0. The Morgan fingerprint density at radius 2 is 2.00 bits per heavy atom. The van der Waals surface area contributed by atoms with Crippen LogP contribution in [0.4, 0.5) is 0 Å². The van der Waals surface area contributed by atoms with E-state index in [2.05, 4.69) is 43.2 Å². The fraction of sp³-hybridized carbons (Fsp3) is 0.500. The Bertz CT molecular complexity index is 518. The van der Waals surface area contributed by atoms with Gasteiger partial charge in [-0.3, -0.25) is 4.90 Å². The predicted molar refractivity (Wildman–Crippen MR) is 80.2 cm³/mol. The maximum absolute atomic E-state index is 6.03. The van der Waals surface area contributed by atoms with Crippen LogP contribution in [0.2, 0.25) is 0 Å². The molecule has 104 valence electrons. The molecule has 0 amide bonds. The highest BCUT2D eigenvalue weighted by Crippen LogP contribution is 2.26. The third kappa shape index (κ3) is 3.37. The molecular formula is C16H24N2O. The van der Waals surface area contributed by atoms with Crippen molar-refractivity contribution >= 4 is 11.0 Å². The second kappa shape index (κ2) is 6.73. The smallest absolute Gasteiger partial charge is 0.134 e. The molecule has 19 heavy (non-hydrogen) atoms. The van der Waals surface area contributed by atoms with Crippen molar-refractivity contribution in [3.05, 3.63) is 35.6 Å². The maximum atomic E-state index is 6.03. The molecule has 1 N–H and O–H groups in total. The van der Waals surface area contributed by atoms with Gasteiger partial charge in [-0.15, -0.1) is 0 Å². The van der Waals surface area contributed by atoms with E-state index in [1.807, 2.05) is 12.1 Å². The van der Waals surface area contributed by atoms with E-state index >= 15 is 0 Å². The van der Waals surface area contributed by atoms with Crippen LogP contribution in [0.3, 0.4) is 0 Å². The molecule has 3 nitrogen and oxygen atoms in total. The maximum Gasteiger partial charge on any atom is 0.134 e. The first-order valence-electron chi connectivity index (χ1n) is 7.14. The SMILES string of the molecule is CCCN(C)Cc1oc2ccccc2c1CNCC. The Kier molecular flexibility index (Phi) is 5.00. The topological polar surface area (TPSA) is 28.4 Å². The fourth-order valence-corrected chi connectivity index (χ4v) is 2.43. The van der Waals surface area contributed by atoms with Crippen LogP contribution in [0.25, 0.3) is 11.0 Å². The van der Waals surface area contributed by atoms with Gasteiger partial charge in [0.2, 0.25) is 0 Å². The van der Waals surface area contributed by atoms with Crippen molar-refractivity contribution in [1.29, 1.82) is 0 Å². The van der Waals surface area contributed by atoms with Crippen molar-refractivity contribution in [1.82, 2.24) is 10.2 Å². The number of furan rings is 1. The monoisotopic (exact) mass is 260 g/mol. The quantitative estimate of drug-likeness (QED) is 0.827. The average molecular weight is 260 g/mol. The minimum Gasteiger partial charge on any atom is -0.459 e. The van der Waals surface area contributed by atoms with Gasteiger partial charge in [-0.2, -0.15) is 0 Å². The van der Waals surface area contributed by atoms with Crippen LogP contribution in [-0.2, 0) is 13.1 Å². The summed E-state index contributed by atoms with van der Waals surface area (Å²) in [5.74, 6) is 1.10. The number of nitrogens with zero attached hydrogens (tertiary/aromatic N) is 1. The molecular weight excluding hydrogens is 236 g/mol. The number of nitrogens with one attached hydrogen (secondary N) is 1. The summed E-state index contributed by atoms with van der Waals surface area (Å²) in [7, 11) is 2.15. The second-order valence-corrected chi connectivity index (χ2v) is 5.02. The van der Waals surface area contributed by atoms with Gasteiger partial charge in [-0.1, -0.05) is 32.0 Å². The van der Waals surface area contributed by atoms with Crippen LogP contribution in [0.1, 0.15) is 31.6 Å². The summed E-state index contributed by atoms with van der Waals surface area (Å²) < 4.78 is 6.03. The summed E-state index contributed by atoms with van der Waals surface area (Å²) in [6.07, 6.45) is 1.17. The molecule has 2 rings (SSSR count). The number of para-hydroxylation sites is 1. The molecule has 1 heterocycles. The van der Waals surface area contributed by atoms with Gasteiger partial charge < -0.3 is 9.73 Å². The molecule has 0 radical (unpaired) electrons. The number of fused-ring (bicyclic) bond motifs is 1. The molecule has 0 bridgehead atoms. The Labute approximate surface area is 115 Å².